The average Bonchev–Trinajstić information content (AvgIpc) is 2.72. The second kappa shape index (κ2) is 9.88. The molecule has 144 valence electrons. The molecular weight excluding hydrogens is 404 g/mol. The van der Waals surface area contributed by atoms with Crippen LogP contribution in [0, 0.1) is 0 Å². The number of nitrogens with one attached hydrogen (secondary N) is 1. The van der Waals surface area contributed by atoms with E-state index in [1.165, 1.54) is 5.56 Å². The topological polar surface area (TPSA) is 61.6 Å². The Balaban J connectivity index is 1.78. The van der Waals surface area contributed by atoms with Crippen molar-refractivity contribution in [1.82, 2.24) is 9.80 Å². The van der Waals surface area contributed by atoms with Gasteiger partial charge in [-0.25, -0.2) is 0 Å². The van der Waals surface area contributed by atoms with Crippen LogP contribution in [0.25, 0.3) is 0 Å². The van der Waals surface area contributed by atoms with Crippen molar-refractivity contribution in [3.05, 3.63) is 64.1 Å². The van der Waals surface area contributed by atoms with Crippen molar-refractivity contribution in [3.63, 3.8) is 0 Å². The van der Waals surface area contributed by atoms with Gasteiger partial charge < -0.3 is 16.0 Å². The van der Waals surface area contributed by atoms with Crippen LogP contribution in [0.3, 0.4) is 0 Å². The molecule has 1 heterocycles. The third-order valence-corrected chi connectivity index (χ3v) is 5.35. The summed E-state index contributed by atoms with van der Waals surface area (Å²) < 4.78 is 1.02. The van der Waals surface area contributed by atoms with Gasteiger partial charge >= 0.3 is 0 Å². The number of rotatable bonds is 3. The summed E-state index contributed by atoms with van der Waals surface area (Å²) in [4.78, 5) is 16.7. The number of halogens is 1. The van der Waals surface area contributed by atoms with Crippen LogP contribution in [-0.4, -0.2) is 48.4 Å². The lowest BCUT2D eigenvalue weighted by molar-refractivity contribution is -0.130. The molecule has 0 radical (unpaired) electrons. The molecule has 0 atom stereocenters. The summed E-state index contributed by atoms with van der Waals surface area (Å²) in [5.41, 5.74) is 9.17. The predicted molar refractivity (Wildman–Crippen MR) is 113 cm³/mol. The number of hydrogen-bond acceptors (Lipinski definition) is 4. The molecule has 0 bridgehead atoms. The first-order valence-electron chi connectivity index (χ1n) is 9.42. The van der Waals surface area contributed by atoms with Gasteiger partial charge in [0, 0.05) is 49.4 Å². The third kappa shape index (κ3) is 5.79. The van der Waals surface area contributed by atoms with E-state index in [4.69, 9.17) is 5.73 Å². The standard InChI is InChI=1S/C21H27BrN4O/c22-19-7-8-20-18(13-19)16-26(21(27)14-23)12-11-25(10-4-9-24-20)15-17-5-2-1-3-6-17/h1-3,5-8,13,24H,4,9-12,14-16,23H2. The van der Waals surface area contributed by atoms with Gasteiger partial charge in [0.25, 0.3) is 0 Å². The summed E-state index contributed by atoms with van der Waals surface area (Å²) in [5, 5.41) is 3.53. The van der Waals surface area contributed by atoms with E-state index in [1.54, 1.807) is 0 Å². The van der Waals surface area contributed by atoms with Gasteiger partial charge in [-0.05, 0) is 35.7 Å². The van der Waals surface area contributed by atoms with Gasteiger partial charge in [-0.1, -0.05) is 46.3 Å². The van der Waals surface area contributed by atoms with Gasteiger partial charge in [-0.15, -0.1) is 0 Å². The molecule has 0 unspecified atom stereocenters. The van der Waals surface area contributed by atoms with Crippen molar-refractivity contribution >= 4 is 27.5 Å². The molecule has 1 aliphatic heterocycles. The number of benzene rings is 2. The van der Waals surface area contributed by atoms with Crippen molar-refractivity contribution in [1.29, 1.82) is 0 Å². The first kappa shape index (κ1) is 19.9. The van der Waals surface area contributed by atoms with Crippen LogP contribution in [0.15, 0.2) is 53.0 Å². The van der Waals surface area contributed by atoms with Gasteiger partial charge in [-0.2, -0.15) is 0 Å². The second-order valence-electron chi connectivity index (χ2n) is 6.86. The molecule has 2 aromatic rings. The maximum Gasteiger partial charge on any atom is 0.236 e. The Morgan fingerprint density at radius 3 is 2.70 bits per heavy atom. The quantitative estimate of drug-likeness (QED) is 0.785. The molecule has 1 amide bonds. The molecule has 3 N–H and O–H groups in total. The highest BCUT2D eigenvalue weighted by molar-refractivity contribution is 9.10. The average molecular weight is 431 g/mol. The number of carbonyl (C=O) groups is 1. The highest BCUT2D eigenvalue weighted by Gasteiger charge is 2.18. The molecule has 0 aliphatic carbocycles. The van der Waals surface area contributed by atoms with Crippen molar-refractivity contribution in [2.24, 2.45) is 5.73 Å². The molecular formula is C21H27BrN4O. The van der Waals surface area contributed by atoms with Crippen LogP contribution in [0.1, 0.15) is 17.5 Å². The van der Waals surface area contributed by atoms with Crippen LogP contribution in [0.2, 0.25) is 0 Å². The largest absolute Gasteiger partial charge is 0.385 e. The molecule has 27 heavy (non-hydrogen) atoms. The van der Waals surface area contributed by atoms with Crippen molar-refractivity contribution in [2.75, 3.05) is 38.0 Å². The van der Waals surface area contributed by atoms with Crippen molar-refractivity contribution < 1.29 is 4.79 Å². The predicted octanol–water partition coefficient (Wildman–Crippen LogP) is 3.05. The van der Waals surface area contributed by atoms with Crippen LogP contribution < -0.4 is 11.1 Å². The molecule has 0 fully saturated rings. The van der Waals surface area contributed by atoms with E-state index < -0.39 is 0 Å². The molecule has 0 spiro atoms. The minimum absolute atomic E-state index is 0.0140. The minimum Gasteiger partial charge on any atom is -0.385 e. The number of amides is 1. The molecule has 1 aliphatic rings. The number of nitrogens with zero attached hydrogens (tertiary/aromatic N) is 2. The molecule has 5 nitrogen and oxygen atoms in total. The Morgan fingerprint density at radius 1 is 1.11 bits per heavy atom. The second-order valence-corrected chi connectivity index (χ2v) is 7.78. The fourth-order valence-electron chi connectivity index (χ4n) is 3.39. The number of hydrogen-bond donors (Lipinski definition) is 2. The molecule has 0 aromatic heterocycles. The van der Waals surface area contributed by atoms with Gasteiger partial charge in [0.2, 0.25) is 5.91 Å². The smallest absolute Gasteiger partial charge is 0.236 e. The Morgan fingerprint density at radius 2 is 1.93 bits per heavy atom. The summed E-state index contributed by atoms with van der Waals surface area (Å²) in [6.45, 7) is 4.90. The Kier molecular flexibility index (Phi) is 7.26. The highest BCUT2D eigenvalue weighted by atomic mass is 79.9. The Labute approximate surface area is 169 Å². The van der Waals surface area contributed by atoms with E-state index in [0.29, 0.717) is 13.1 Å². The van der Waals surface area contributed by atoms with Crippen molar-refractivity contribution in [3.8, 4) is 0 Å². The normalized spacial score (nSPS) is 16.1. The van der Waals surface area contributed by atoms with E-state index in [2.05, 4.69) is 62.5 Å². The molecule has 0 saturated heterocycles. The Bertz CT molecular complexity index is 753. The van der Waals surface area contributed by atoms with Crippen molar-refractivity contribution in [2.45, 2.75) is 19.5 Å². The van der Waals surface area contributed by atoms with Gasteiger partial charge in [0.1, 0.15) is 0 Å². The van der Waals surface area contributed by atoms with E-state index in [1.807, 2.05) is 17.0 Å². The van der Waals surface area contributed by atoms with Crippen LogP contribution in [-0.2, 0) is 17.9 Å². The van der Waals surface area contributed by atoms with E-state index in [9.17, 15) is 4.79 Å². The summed E-state index contributed by atoms with van der Waals surface area (Å²) in [6.07, 6.45) is 1.05. The van der Waals surface area contributed by atoms with Gasteiger partial charge in [0.05, 0.1) is 6.54 Å². The lowest BCUT2D eigenvalue weighted by atomic mass is 10.1. The molecule has 2 aromatic carbocycles. The number of anilines is 1. The Hall–Kier alpha value is -1.89. The van der Waals surface area contributed by atoms with E-state index in [-0.39, 0.29) is 12.5 Å². The summed E-state index contributed by atoms with van der Waals surface area (Å²) in [7, 11) is 0. The lowest BCUT2D eigenvalue weighted by Gasteiger charge is -2.27. The fourth-order valence-corrected chi connectivity index (χ4v) is 3.80. The number of carbonyl (C=O) groups excluding carboxylic acids is 1. The van der Waals surface area contributed by atoms with Crippen LogP contribution in [0.5, 0.6) is 0 Å². The summed E-state index contributed by atoms with van der Waals surface area (Å²) in [6, 6.07) is 16.7. The fraction of sp³-hybridized carbons (Fsp3) is 0.381. The zero-order chi connectivity index (χ0) is 19.1. The SMILES string of the molecule is NCC(=O)N1CCN(Cc2ccccc2)CCCNc2ccc(Br)cc2C1. The number of fused-ring (bicyclic) bond motifs is 1. The van der Waals surface area contributed by atoms with E-state index in [0.717, 1.165) is 48.3 Å². The zero-order valence-electron chi connectivity index (χ0n) is 15.5. The summed E-state index contributed by atoms with van der Waals surface area (Å²) in [5.74, 6) is -0.0140. The van der Waals surface area contributed by atoms with Crippen LogP contribution >= 0.6 is 15.9 Å². The van der Waals surface area contributed by atoms with Gasteiger partial charge in [0.15, 0.2) is 0 Å². The maximum atomic E-state index is 12.4. The number of nitrogens with two attached hydrogens (primary N) is 1. The first-order valence-corrected chi connectivity index (χ1v) is 10.2. The molecule has 0 saturated carbocycles. The summed E-state index contributed by atoms with van der Waals surface area (Å²) >= 11 is 3.54. The zero-order valence-corrected chi connectivity index (χ0v) is 17.1. The first-order chi connectivity index (χ1) is 13.2. The minimum atomic E-state index is -0.0140. The monoisotopic (exact) mass is 430 g/mol. The molecule has 3 rings (SSSR count). The maximum absolute atomic E-state index is 12.4. The third-order valence-electron chi connectivity index (χ3n) is 4.86. The van der Waals surface area contributed by atoms with E-state index >= 15 is 0 Å². The lowest BCUT2D eigenvalue weighted by Crippen LogP contribution is -2.41. The van der Waals surface area contributed by atoms with Crippen LogP contribution in [0.4, 0.5) is 5.69 Å². The highest BCUT2D eigenvalue weighted by Crippen LogP contribution is 2.23. The van der Waals surface area contributed by atoms with Gasteiger partial charge in [-0.3, -0.25) is 9.69 Å². The molecule has 6 heteroatoms.